The van der Waals surface area contributed by atoms with Gasteiger partial charge in [0.05, 0.1) is 13.2 Å². The van der Waals surface area contributed by atoms with E-state index in [9.17, 15) is 13.6 Å². The minimum Gasteiger partial charge on any atom is -0.483 e. The Balaban J connectivity index is 2.82. The highest BCUT2D eigenvalue weighted by atomic mass is 35.5. The van der Waals surface area contributed by atoms with Crippen molar-refractivity contribution < 1.29 is 23.0 Å². The summed E-state index contributed by atoms with van der Waals surface area (Å²) in [5.41, 5.74) is 1.70. The lowest BCUT2D eigenvalue weighted by atomic mass is 10.0. The summed E-state index contributed by atoms with van der Waals surface area (Å²) in [6, 6.07) is 3.57. The first-order valence-electron chi connectivity index (χ1n) is 7.74. The van der Waals surface area contributed by atoms with Gasteiger partial charge in [-0.15, -0.1) is 0 Å². The fourth-order valence-corrected chi connectivity index (χ4v) is 2.34. The third-order valence-electron chi connectivity index (χ3n) is 3.54. The van der Waals surface area contributed by atoms with Crippen LogP contribution in [0, 0.1) is 6.92 Å². The van der Waals surface area contributed by atoms with E-state index in [0.717, 1.165) is 16.0 Å². The van der Waals surface area contributed by atoms with E-state index >= 15 is 0 Å². The lowest BCUT2D eigenvalue weighted by molar-refractivity contribution is -0.136. The van der Waals surface area contributed by atoms with Gasteiger partial charge >= 0.3 is 0 Å². The van der Waals surface area contributed by atoms with Crippen molar-refractivity contribution in [2.45, 2.75) is 33.1 Å². The molecule has 0 fully saturated rings. The highest BCUT2D eigenvalue weighted by molar-refractivity contribution is 6.31. The largest absolute Gasteiger partial charge is 0.483 e. The number of rotatable bonds is 9. The van der Waals surface area contributed by atoms with Gasteiger partial charge in [-0.05, 0) is 36.1 Å². The van der Waals surface area contributed by atoms with Crippen molar-refractivity contribution in [2.24, 2.45) is 0 Å². The summed E-state index contributed by atoms with van der Waals surface area (Å²) >= 11 is 6.13. The topological polar surface area (TPSA) is 38.8 Å². The predicted molar refractivity (Wildman–Crippen MR) is 90.2 cm³/mol. The number of aryl methyl sites for hydroxylation is 1. The van der Waals surface area contributed by atoms with Crippen molar-refractivity contribution in [1.82, 2.24) is 4.90 Å². The van der Waals surface area contributed by atoms with Crippen molar-refractivity contribution in [3.05, 3.63) is 28.3 Å². The van der Waals surface area contributed by atoms with Crippen LogP contribution in [0.4, 0.5) is 8.78 Å². The van der Waals surface area contributed by atoms with Crippen molar-refractivity contribution in [1.29, 1.82) is 0 Å². The van der Waals surface area contributed by atoms with Crippen LogP contribution in [0.5, 0.6) is 5.75 Å². The lowest BCUT2D eigenvalue weighted by Gasteiger charge is -2.23. The summed E-state index contributed by atoms with van der Waals surface area (Å²) in [7, 11) is 1.45. The third-order valence-corrected chi connectivity index (χ3v) is 3.95. The van der Waals surface area contributed by atoms with Crippen LogP contribution in [0.25, 0.3) is 0 Å². The van der Waals surface area contributed by atoms with Gasteiger partial charge in [-0.3, -0.25) is 4.79 Å². The van der Waals surface area contributed by atoms with Crippen molar-refractivity contribution in [2.75, 3.05) is 33.4 Å². The summed E-state index contributed by atoms with van der Waals surface area (Å²) in [6.07, 6.45) is -2.60. The van der Waals surface area contributed by atoms with Crippen LogP contribution < -0.4 is 4.74 Å². The number of hydrogen-bond acceptors (Lipinski definition) is 3. The number of methoxy groups -OCH3 is 1. The molecule has 136 valence electrons. The summed E-state index contributed by atoms with van der Waals surface area (Å²) in [6.45, 7) is 5.15. The normalized spacial score (nSPS) is 11.2. The number of nitrogens with zero attached hydrogens (tertiary/aromatic N) is 1. The fourth-order valence-electron chi connectivity index (χ4n) is 2.16. The molecular weight excluding hydrogens is 340 g/mol. The maximum atomic E-state index is 12.6. The summed E-state index contributed by atoms with van der Waals surface area (Å²) in [4.78, 5) is 13.2. The molecule has 0 atom stereocenters. The molecule has 0 saturated carbocycles. The zero-order chi connectivity index (χ0) is 18.3. The van der Waals surface area contributed by atoms with Gasteiger partial charge in [-0.25, -0.2) is 8.78 Å². The summed E-state index contributed by atoms with van der Waals surface area (Å²) < 4.78 is 35.7. The van der Waals surface area contributed by atoms with Crippen molar-refractivity contribution in [3.8, 4) is 5.75 Å². The molecule has 1 aromatic carbocycles. The van der Waals surface area contributed by atoms with E-state index in [0.29, 0.717) is 10.8 Å². The molecule has 0 aromatic heterocycles. The van der Waals surface area contributed by atoms with Crippen LogP contribution in [-0.4, -0.2) is 50.6 Å². The number of carbonyl (C=O) groups is 1. The van der Waals surface area contributed by atoms with E-state index in [2.05, 4.69) is 0 Å². The first-order chi connectivity index (χ1) is 11.3. The average Bonchev–Trinajstić information content (AvgIpc) is 2.51. The number of benzene rings is 1. The van der Waals surface area contributed by atoms with Gasteiger partial charge in [0.15, 0.2) is 6.61 Å². The Hall–Kier alpha value is -1.40. The Morgan fingerprint density at radius 3 is 2.54 bits per heavy atom. The zero-order valence-corrected chi connectivity index (χ0v) is 15.2. The molecule has 0 N–H and O–H groups in total. The van der Waals surface area contributed by atoms with Crippen LogP contribution in [0.3, 0.4) is 0 Å². The third kappa shape index (κ3) is 6.24. The van der Waals surface area contributed by atoms with E-state index in [4.69, 9.17) is 21.1 Å². The van der Waals surface area contributed by atoms with Gasteiger partial charge in [-0.1, -0.05) is 25.4 Å². The number of hydrogen-bond donors (Lipinski definition) is 0. The number of ether oxygens (including phenoxy) is 2. The zero-order valence-electron chi connectivity index (χ0n) is 14.4. The SMILES string of the molecule is COCCN(CC(F)F)C(=O)COc1cc(C)c(Cl)cc1C(C)C. The number of amides is 1. The second-order valence-electron chi connectivity index (χ2n) is 5.81. The quantitative estimate of drug-likeness (QED) is 0.668. The van der Waals surface area contributed by atoms with Crippen LogP contribution in [0.15, 0.2) is 12.1 Å². The lowest BCUT2D eigenvalue weighted by Crippen LogP contribution is -2.40. The summed E-state index contributed by atoms with van der Waals surface area (Å²) in [5.74, 6) is 0.192. The Morgan fingerprint density at radius 2 is 2.00 bits per heavy atom. The van der Waals surface area contributed by atoms with E-state index < -0.39 is 18.9 Å². The van der Waals surface area contributed by atoms with Crippen LogP contribution >= 0.6 is 11.6 Å². The summed E-state index contributed by atoms with van der Waals surface area (Å²) in [5, 5.41) is 0.622. The van der Waals surface area contributed by atoms with Crippen LogP contribution in [-0.2, 0) is 9.53 Å². The predicted octanol–water partition coefficient (Wildman–Crippen LogP) is 3.89. The van der Waals surface area contributed by atoms with Gasteiger partial charge in [0, 0.05) is 18.7 Å². The Bertz CT molecular complexity index is 553. The molecule has 24 heavy (non-hydrogen) atoms. The van der Waals surface area contributed by atoms with Gasteiger partial charge in [0.25, 0.3) is 12.3 Å². The second kappa shape index (κ2) is 9.79. The van der Waals surface area contributed by atoms with Gasteiger partial charge in [0.1, 0.15) is 5.75 Å². The first-order valence-corrected chi connectivity index (χ1v) is 8.11. The second-order valence-corrected chi connectivity index (χ2v) is 6.21. The molecule has 0 bridgehead atoms. The van der Waals surface area contributed by atoms with Crippen molar-refractivity contribution >= 4 is 17.5 Å². The van der Waals surface area contributed by atoms with Crippen LogP contribution in [0.2, 0.25) is 5.02 Å². The molecule has 7 heteroatoms. The van der Waals surface area contributed by atoms with Crippen LogP contribution in [0.1, 0.15) is 30.9 Å². The molecule has 0 aliphatic carbocycles. The van der Waals surface area contributed by atoms with E-state index in [1.54, 1.807) is 6.07 Å². The monoisotopic (exact) mass is 363 g/mol. The van der Waals surface area contributed by atoms with E-state index in [-0.39, 0.29) is 25.7 Å². The Kier molecular flexibility index (Phi) is 8.42. The average molecular weight is 364 g/mol. The molecule has 0 aliphatic heterocycles. The fraction of sp³-hybridized carbons (Fsp3) is 0.588. The molecular formula is C17H24ClF2NO3. The molecule has 0 radical (unpaired) electrons. The van der Waals surface area contributed by atoms with Gasteiger partial charge in [0.2, 0.25) is 0 Å². The molecule has 0 heterocycles. The molecule has 0 unspecified atom stereocenters. The Labute approximate surface area is 146 Å². The van der Waals surface area contributed by atoms with Gasteiger partial charge in [-0.2, -0.15) is 0 Å². The Morgan fingerprint density at radius 1 is 1.33 bits per heavy atom. The number of carbonyl (C=O) groups excluding carboxylic acids is 1. The van der Waals surface area contributed by atoms with E-state index in [1.807, 2.05) is 26.8 Å². The molecule has 0 spiro atoms. The highest BCUT2D eigenvalue weighted by Gasteiger charge is 2.19. The van der Waals surface area contributed by atoms with Gasteiger partial charge < -0.3 is 14.4 Å². The smallest absolute Gasteiger partial charge is 0.260 e. The minimum absolute atomic E-state index is 0.0969. The van der Waals surface area contributed by atoms with Crippen molar-refractivity contribution in [3.63, 3.8) is 0 Å². The minimum atomic E-state index is -2.60. The van der Waals surface area contributed by atoms with E-state index in [1.165, 1.54) is 7.11 Å². The standard InChI is InChI=1S/C17H24ClF2NO3/c1-11(2)13-8-14(18)12(3)7-15(13)24-10-17(22)21(5-6-23-4)9-16(19)20/h7-8,11,16H,5-6,9-10H2,1-4H3. The number of halogens is 3. The molecule has 0 saturated heterocycles. The number of alkyl halides is 2. The highest BCUT2D eigenvalue weighted by Crippen LogP contribution is 2.32. The maximum Gasteiger partial charge on any atom is 0.260 e. The molecule has 4 nitrogen and oxygen atoms in total. The first kappa shape index (κ1) is 20.6. The molecule has 1 amide bonds. The molecule has 0 aliphatic rings. The maximum absolute atomic E-state index is 12.6. The molecule has 1 rings (SSSR count). The molecule has 1 aromatic rings.